The molecule has 0 aliphatic rings. The molecule has 0 radical (unpaired) electrons. The van der Waals surface area contributed by atoms with E-state index in [1.807, 2.05) is 6.07 Å². The number of carbonyl (C=O) groups excluding carboxylic acids is 1. The van der Waals surface area contributed by atoms with E-state index in [2.05, 4.69) is 15.5 Å². The zero-order valence-corrected chi connectivity index (χ0v) is 16.1. The molecule has 1 aromatic heterocycles. The van der Waals surface area contributed by atoms with Crippen LogP contribution in [0.1, 0.15) is 0 Å². The highest BCUT2D eigenvalue weighted by molar-refractivity contribution is 8.00. The Hall–Kier alpha value is -2.10. The lowest BCUT2D eigenvalue weighted by molar-refractivity contribution is -0.113. The number of hydrogen-bond donors (Lipinski definition) is 1. The molecule has 1 N–H and O–H groups in total. The minimum atomic E-state index is -2.56. The van der Waals surface area contributed by atoms with E-state index in [1.165, 1.54) is 24.2 Å². The predicted octanol–water partition coefficient (Wildman–Crippen LogP) is 4.97. The number of amides is 1. The highest BCUT2D eigenvalue weighted by Gasteiger charge is 2.14. The predicted molar refractivity (Wildman–Crippen MR) is 104 cm³/mol. The standard InChI is InChI=1S/C17H13ClF2N4OS2/c18-11-4-3-5-12(8-11)24-10-21-23-17(24)26-9-15(25)22-13-6-1-2-7-14(13)27-16(19)20/h1-8,10,16H,9H2,(H,22,25). The minimum absolute atomic E-state index is 0.0486. The molecule has 27 heavy (non-hydrogen) atoms. The summed E-state index contributed by atoms with van der Waals surface area (Å²) in [5.41, 5.74) is 1.12. The van der Waals surface area contributed by atoms with Crippen molar-refractivity contribution in [2.45, 2.75) is 15.8 Å². The van der Waals surface area contributed by atoms with Crippen molar-refractivity contribution >= 4 is 46.7 Å². The Bertz CT molecular complexity index is 939. The van der Waals surface area contributed by atoms with Crippen LogP contribution in [0.5, 0.6) is 0 Å². The van der Waals surface area contributed by atoms with Crippen molar-refractivity contribution in [2.24, 2.45) is 0 Å². The maximum Gasteiger partial charge on any atom is 0.288 e. The molecule has 10 heteroatoms. The maximum atomic E-state index is 12.6. The Morgan fingerprint density at radius 2 is 2.04 bits per heavy atom. The van der Waals surface area contributed by atoms with Crippen LogP contribution < -0.4 is 5.32 Å². The van der Waals surface area contributed by atoms with Crippen molar-refractivity contribution < 1.29 is 13.6 Å². The number of carbonyl (C=O) groups is 1. The average molecular weight is 427 g/mol. The number of nitrogens with zero attached hydrogens (tertiary/aromatic N) is 3. The summed E-state index contributed by atoms with van der Waals surface area (Å²) in [5, 5.41) is 11.6. The number of hydrogen-bond acceptors (Lipinski definition) is 5. The second-order valence-corrected chi connectivity index (χ2v) is 7.59. The van der Waals surface area contributed by atoms with Gasteiger partial charge >= 0.3 is 0 Å². The Morgan fingerprint density at radius 3 is 2.81 bits per heavy atom. The average Bonchev–Trinajstić information content (AvgIpc) is 3.10. The zero-order valence-electron chi connectivity index (χ0n) is 13.7. The van der Waals surface area contributed by atoms with Crippen molar-refractivity contribution in [1.82, 2.24) is 14.8 Å². The summed E-state index contributed by atoms with van der Waals surface area (Å²) in [6, 6.07) is 13.6. The molecule has 0 aliphatic carbocycles. The second kappa shape index (κ2) is 9.20. The fourth-order valence-electron chi connectivity index (χ4n) is 2.21. The van der Waals surface area contributed by atoms with Gasteiger partial charge in [-0.15, -0.1) is 10.2 Å². The summed E-state index contributed by atoms with van der Waals surface area (Å²) in [5.74, 6) is -2.84. The first kappa shape index (κ1) is 19.7. The Balaban J connectivity index is 1.65. The van der Waals surface area contributed by atoms with Gasteiger partial charge in [0.2, 0.25) is 5.91 Å². The third-order valence-corrected chi connectivity index (χ3v) is 5.28. The summed E-state index contributed by atoms with van der Waals surface area (Å²) in [7, 11) is 0. The number of rotatable bonds is 7. The van der Waals surface area contributed by atoms with Gasteiger partial charge in [-0.2, -0.15) is 8.78 Å². The van der Waals surface area contributed by atoms with Gasteiger partial charge in [-0.3, -0.25) is 9.36 Å². The minimum Gasteiger partial charge on any atom is -0.324 e. The van der Waals surface area contributed by atoms with Crippen LogP contribution in [0.15, 0.2) is 64.9 Å². The SMILES string of the molecule is O=C(CSc1nncn1-c1cccc(Cl)c1)Nc1ccccc1SC(F)F. The first-order valence-electron chi connectivity index (χ1n) is 7.65. The van der Waals surface area contributed by atoms with Gasteiger partial charge in [-0.05, 0) is 30.3 Å². The summed E-state index contributed by atoms with van der Waals surface area (Å²) in [6.45, 7) is 0. The van der Waals surface area contributed by atoms with E-state index in [1.54, 1.807) is 41.0 Å². The Morgan fingerprint density at radius 1 is 1.22 bits per heavy atom. The van der Waals surface area contributed by atoms with Gasteiger partial charge < -0.3 is 5.32 Å². The van der Waals surface area contributed by atoms with Crippen molar-refractivity contribution in [2.75, 3.05) is 11.1 Å². The number of aromatic nitrogens is 3. The topological polar surface area (TPSA) is 59.8 Å². The number of anilines is 1. The molecule has 3 rings (SSSR count). The zero-order chi connectivity index (χ0) is 19.2. The normalized spacial score (nSPS) is 11.0. The molecule has 3 aromatic rings. The van der Waals surface area contributed by atoms with Gasteiger partial charge in [0.25, 0.3) is 5.76 Å². The monoisotopic (exact) mass is 426 g/mol. The van der Waals surface area contributed by atoms with Crippen molar-refractivity contribution in [3.8, 4) is 5.69 Å². The van der Waals surface area contributed by atoms with E-state index in [0.717, 1.165) is 5.69 Å². The number of para-hydroxylation sites is 1. The van der Waals surface area contributed by atoms with E-state index >= 15 is 0 Å². The van der Waals surface area contributed by atoms with E-state index in [9.17, 15) is 13.6 Å². The van der Waals surface area contributed by atoms with Crippen LogP contribution in [0.4, 0.5) is 14.5 Å². The molecule has 0 saturated heterocycles. The number of benzene rings is 2. The number of alkyl halides is 2. The highest BCUT2D eigenvalue weighted by atomic mass is 35.5. The lowest BCUT2D eigenvalue weighted by atomic mass is 10.3. The largest absolute Gasteiger partial charge is 0.324 e. The van der Waals surface area contributed by atoms with Gasteiger partial charge in [0, 0.05) is 9.92 Å². The molecule has 0 saturated carbocycles. The molecule has 0 spiro atoms. The first-order valence-corrected chi connectivity index (χ1v) is 9.89. The van der Waals surface area contributed by atoms with Crippen LogP contribution in [-0.4, -0.2) is 32.2 Å². The van der Waals surface area contributed by atoms with Gasteiger partial charge in [0.1, 0.15) is 6.33 Å². The van der Waals surface area contributed by atoms with Crippen LogP contribution in [0.25, 0.3) is 5.69 Å². The highest BCUT2D eigenvalue weighted by Crippen LogP contribution is 2.31. The van der Waals surface area contributed by atoms with Crippen molar-refractivity contribution in [1.29, 1.82) is 0 Å². The lowest BCUT2D eigenvalue weighted by Crippen LogP contribution is -2.15. The van der Waals surface area contributed by atoms with Crippen LogP contribution in [-0.2, 0) is 4.79 Å². The summed E-state index contributed by atoms with van der Waals surface area (Å²) in [6.07, 6.45) is 1.53. The van der Waals surface area contributed by atoms with Crippen LogP contribution >= 0.6 is 35.1 Å². The van der Waals surface area contributed by atoms with Crippen LogP contribution in [0.2, 0.25) is 5.02 Å². The maximum absolute atomic E-state index is 12.6. The molecule has 0 atom stereocenters. The van der Waals surface area contributed by atoms with E-state index < -0.39 is 5.76 Å². The third-order valence-electron chi connectivity index (χ3n) is 3.31. The fourth-order valence-corrected chi connectivity index (χ4v) is 3.72. The van der Waals surface area contributed by atoms with Gasteiger partial charge in [0.05, 0.1) is 17.1 Å². The molecule has 0 fully saturated rings. The quantitative estimate of drug-likeness (QED) is 0.541. The summed E-state index contributed by atoms with van der Waals surface area (Å²) in [4.78, 5) is 12.6. The summed E-state index contributed by atoms with van der Waals surface area (Å²) < 4.78 is 27.0. The number of nitrogens with one attached hydrogen (secondary N) is 1. The molecule has 0 bridgehead atoms. The second-order valence-electron chi connectivity index (χ2n) is 5.17. The van der Waals surface area contributed by atoms with Crippen LogP contribution in [0, 0.1) is 0 Å². The van der Waals surface area contributed by atoms with E-state index in [-0.39, 0.29) is 11.7 Å². The molecular formula is C17H13ClF2N4OS2. The number of thioether (sulfide) groups is 2. The first-order chi connectivity index (χ1) is 13.0. The lowest BCUT2D eigenvalue weighted by Gasteiger charge is -2.10. The molecule has 1 amide bonds. The van der Waals surface area contributed by atoms with Crippen molar-refractivity contribution in [3.63, 3.8) is 0 Å². The molecule has 0 unspecified atom stereocenters. The molecule has 2 aromatic carbocycles. The third kappa shape index (κ3) is 5.44. The van der Waals surface area contributed by atoms with Gasteiger partial charge in [0.15, 0.2) is 5.16 Å². The summed E-state index contributed by atoms with van der Waals surface area (Å²) >= 11 is 7.57. The molecular weight excluding hydrogens is 414 g/mol. The fraction of sp³-hybridized carbons (Fsp3) is 0.118. The van der Waals surface area contributed by atoms with Gasteiger partial charge in [-0.1, -0.05) is 53.3 Å². The van der Waals surface area contributed by atoms with E-state index in [4.69, 9.17) is 11.6 Å². The van der Waals surface area contributed by atoms with Crippen LogP contribution in [0.3, 0.4) is 0 Å². The molecule has 5 nitrogen and oxygen atoms in total. The smallest absolute Gasteiger partial charge is 0.288 e. The van der Waals surface area contributed by atoms with Crippen molar-refractivity contribution in [3.05, 3.63) is 59.9 Å². The molecule has 140 valence electrons. The van der Waals surface area contributed by atoms with E-state index in [0.29, 0.717) is 32.5 Å². The molecule has 1 heterocycles. The van der Waals surface area contributed by atoms with Gasteiger partial charge in [-0.25, -0.2) is 0 Å². The molecule has 0 aliphatic heterocycles. The number of halogens is 3. The Labute approximate surface area is 167 Å². The Kier molecular flexibility index (Phi) is 6.70.